The van der Waals surface area contributed by atoms with Crippen LogP contribution in [0, 0.1) is 9.39 Å². The van der Waals surface area contributed by atoms with Crippen LogP contribution in [0.15, 0.2) is 29.0 Å². The van der Waals surface area contributed by atoms with Gasteiger partial charge in [-0.25, -0.2) is 20.2 Å². The summed E-state index contributed by atoms with van der Waals surface area (Å²) < 4.78 is 14.3. The van der Waals surface area contributed by atoms with Crippen LogP contribution >= 0.6 is 38.5 Å². The summed E-state index contributed by atoms with van der Waals surface area (Å²) in [7, 11) is 0. The largest absolute Gasteiger partial charge is 0.338 e. The van der Waals surface area contributed by atoms with E-state index in [0.29, 0.717) is 16.1 Å². The number of nitrogens with two attached hydrogens (primary N) is 1. The summed E-state index contributed by atoms with van der Waals surface area (Å²) >= 11 is 5.37. The number of nitrogen functional groups attached to an aromatic ring is 1. The molecule has 0 amide bonds. The van der Waals surface area contributed by atoms with E-state index in [1.165, 1.54) is 18.5 Å². The normalized spacial score (nSPS) is 10.2. The summed E-state index contributed by atoms with van der Waals surface area (Å²) in [5.41, 5.74) is 3.19. The Balaban J connectivity index is 2.34. The number of rotatable bonds is 3. The molecule has 4 N–H and O–H groups in total. The molecule has 0 spiro atoms. The molecule has 0 aliphatic carbocycles. The third-order valence-corrected chi connectivity index (χ3v) is 3.75. The summed E-state index contributed by atoms with van der Waals surface area (Å²) in [5, 5.41) is 3.07. The minimum Gasteiger partial charge on any atom is -0.338 e. The molecule has 1 aromatic carbocycles. The van der Waals surface area contributed by atoms with Crippen molar-refractivity contribution in [1.82, 2.24) is 9.97 Å². The van der Waals surface area contributed by atoms with E-state index in [1.54, 1.807) is 6.07 Å². The molecular weight excluding hydrogens is 416 g/mol. The molecule has 1 aromatic heterocycles. The van der Waals surface area contributed by atoms with Crippen LogP contribution in [0.2, 0.25) is 0 Å². The summed E-state index contributed by atoms with van der Waals surface area (Å²) in [6.07, 6.45) is 1.37. The fraction of sp³-hybridized carbons (Fsp3) is 0. The molecular formula is C10H8BrFIN5. The Labute approximate surface area is 125 Å². The van der Waals surface area contributed by atoms with Gasteiger partial charge in [0.05, 0.1) is 5.69 Å². The van der Waals surface area contributed by atoms with E-state index in [2.05, 4.69) is 36.6 Å². The van der Waals surface area contributed by atoms with Gasteiger partial charge in [0.2, 0.25) is 0 Å². The summed E-state index contributed by atoms with van der Waals surface area (Å²) in [6, 6.07) is 4.45. The average Bonchev–Trinajstić information content (AvgIpc) is 2.35. The van der Waals surface area contributed by atoms with Crippen molar-refractivity contribution in [3.8, 4) is 0 Å². The molecule has 0 fully saturated rings. The van der Waals surface area contributed by atoms with Crippen LogP contribution in [0.25, 0.3) is 0 Å². The van der Waals surface area contributed by atoms with E-state index in [-0.39, 0.29) is 5.82 Å². The maximum absolute atomic E-state index is 13.0. The highest BCUT2D eigenvalue weighted by Gasteiger charge is 2.09. The number of hydrogen-bond donors (Lipinski definition) is 3. The molecule has 8 heteroatoms. The fourth-order valence-electron chi connectivity index (χ4n) is 1.28. The van der Waals surface area contributed by atoms with E-state index in [1.807, 2.05) is 22.6 Å². The van der Waals surface area contributed by atoms with Gasteiger partial charge in [-0.15, -0.1) is 0 Å². The molecule has 0 saturated heterocycles. The van der Waals surface area contributed by atoms with Crippen LogP contribution in [0.4, 0.5) is 21.7 Å². The second-order valence-corrected chi connectivity index (χ2v) is 5.23. The van der Waals surface area contributed by atoms with Gasteiger partial charge in [-0.2, -0.15) is 0 Å². The number of nitrogens with zero attached hydrogens (tertiary/aromatic N) is 2. The Morgan fingerprint density at radius 2 is 2.00 bits per heavy atom. The van der Waals surface area contributed by atoms with Crippen molar-refractivity contribution in [2.24, 2.45) is 5.84 Å². The summed E-state index contributed by atoms with van der Waals surface area (Å²) in [4.78, 5) is 8.02. The van der Waals surface area contributed by atoms with E-state index in [9.17, 15) is 4.39 Å². The first kappa shape index (κ1) is 13.4. The monoisotopic (exact) mass is 423 g/mol. The number of halogens is 3. The third-order valence-electron chi connectivity index (χ3n) is 2.11. The molecule has 0 atom stereocenters. The molecule has 1 heterocycles. The smallest absolute Gasteiger partial charge is 0.159 e. The second kappa shape index (κ2) is 5.76. The van der Waals surface area contributed by atoms with Gasteiger partial charge >= 0.3 is 0 Å². The van der Waals surface area contributed by atoms with Crippen LogP contribution in [0.5, 0.6) is 0 Å². The number of benzene rings is 1. The van der Waals surface area contributed by atoms with Crippen molar-refractivity contribution in [2.75, 3.05) is 10.7 Å². The lowest BCUT2D eigenvalue weighted by atomic mass is 10.3. The van der Waals surface area contributed by atoms with E-state index in [4.69, 9.17) is 5.84 Å². The van der Waals surface area contributed by atoms with E-state index >= 15 is 0 Å². The first-order valence-electron chi connectivity index (χ1n) is 4.81. The molecule has 94 valence electrons. The molecule has 5 nitrogen and oxygen atoms in total. The fourth-order valence-corrected chi connectivity index (χ4v) is 2.31. The number of nitrogens with one attached hydrogen (secondary N) is 2. The predicted molar refractivity (Wildman–Crippen MR) is 79.9 cm³/mol. The highest BCUT2D eigenvalue weighted by atomic mass is 127. The zero-order valence-electron chi connectivity index (χ0n) is 8.92. The second-order valence-electron chi connectivity index (χ2n) is 3.28. The standard InChI is InChI=1S/C10H8BrFIN5/c11-8-9(15-4-16-10(8)18-14)17-7-2-1-5(12)3-6(7)13/h1-4H,14H2,(H2,15,16,17,18). The first-order chi connectivity index (χ1) is 8.61. The highest BCUT2D eigenvalue weighted by Crippen LogP contribution is 2.30. The molecule has 18 heavy (non-hydrogen) atoms. The maximum atomic E-state index is 13.0. The Kier molecular flexibility index (Phi) is 4.30. The van der Waals surface area contributed by atoms with E-state index in [0.717, 1.165) is 9.26 Å². The maximum Gasteiger partial charge on any atom is 0.159 e. The van der Waals surface area contributed by atoms with Crippen LogP contribution in [-0.2, 0) is 0 Å². The van der Waals surface area contributed by atoms with E-state index < -0.39 is 0 Å². The number of aromatic nitrogens is 2. The topological polar surface area (TPSA) is 75.9 Å². The first-order valence-corrected chi connectivity index (χ1v) is 6.68. The number of hydrazine groups is 1. The van der Waals surface area contributed by atoms with Crippen LogP contribution in [-0.4, -0.2) is 9.97 Å². The Morgan fingerprint density at radius 3 is 2.67 bits per heavy atom. The minimum atomic E-state index is -0.281. The Morgan fingerprint density at radius 1 is 1.28 bits per heavy atom. The van der Waals surface area contributed by atoms with Gasteiger partial charge in [-0.05, 0) is 56.7 Å². The van der Waals surface area contributed by atoms with Crippen molar-refractivity contribution in [3.63, 3.8) is 0 Å². The zero-order valence-corrected chi connectivity index (χ0v) is 12.7. The predicted octanol–water partition coefficient (Wildman–Crippen LogP) is 3.01. The van der Waals surface area contributed by atoms with Crippen LogP contribution in [0.3, 0.4) is 0 Å². The molecule has 0 aliphatic rings. The third kappa shape index (κ3) is 2.87. The lowest BCUT2D eigenvalue weighted by Gasteiger charge is -2.11. The molecule has 0 aliphatic heterocycles. The van der Waals surface area contributed by atoms with Gasteiger partial charge in [0.1, 0.15) is 22.4 Å². The quantitative estimate of drug-likeness (QED) is 0.402. The highest BCUT2D eigenvalue weighted by molar-refractivity contribution is 14.1. The van der Waals surface area contributed by atoms with Gasteiger partial charge < -0.3 is 10.7 Å². The lowest BCUT2D eigenvalue weighted by molar-refractivity contribution is 0.627. The molecule has 0 saturated carbocycles. The Hall–Kier alpha value is -1.00. The Bertz CT molecular complexity index is 580. The number of anilines is 3. The average molecular weight is 424 g/mol. The van der Waals surface area contributed by atoms with Gasteiger partial charge in [0.15, 0.2) is 5.82 Å². The van der Waals surface area contributed by atoms with Crippen molar-refractivity contribution in [2.45, 2.75) is 0 Å². The summed E-state index contributed by atoms with van der Waals surface area (Å²) in [5.74, 6) is 6.04. The SMILES string of the molecule is NNc1ncnc(Nc2ccc(F)cc2I)c1Br. The van der Waals surface area contributed by atoms with Crippen molar-refractivity contribution >= 4 is 55.8 Å². The van der Waals surface area contributed by atoms with Crippen molar-refractivity contribution < 1.29 is 4.39 Å². The molecule has 2 rings (SSSR count). The zero-order chi connectivity index (χ0) is 13.1. The molecule has 0 bridgehead atoms. The van der Waals surface area contributed by atoms with Gasteiger partial charge in [0.25, 0.3) is 0 Å². The van der Waals surface area contributed by atoms with Crippen molar-refractivity contribution in [3.05, 3.63) is 38.4 Å². The van der Waals surface area contributed by atoms with Gasteiger partial charge in [0, 0.05) is 3.57 Å². The van der Waals surface area contributed by atoms with Crippen LogP contribution < -0.4 is 16.6 Å². The van der Waals surface area contributed by atoms with Crippen LogP contribution in [0.1, 0.15) is 0 Å². The molecule has 0 unspecified atom stereocenters. The lowest BCUT2D eigenvalue weighted by Crippen LogP contribution is -2.10. The van der Waals surface area contributed by atoms with Gasteiger partial charge in [-0.3, -0.25) is 0 Å². The van der Waals surface area contributed by atoms with Gasteiger partial charge in [-0.1, -0.05) is 0 Å². The molecule has 2 aromatic rings. The van der Waals surface area contributed by atoms with Crippen molar-refractivity contribution in [1.29, 1.82) is 0 Å². The number of hydrogen-bond acceptors (Lipinski definition) is 5. The minimum absolute atomic E-state index is 0.281. The molecule has 0 radical (unpaired) electrons. The summed E-state index contributed by atoms with van der Waals surface area (Å²) in [6.45, 7) is 0.